The Labute approximate surface area is 160 Å². The molecule has 27 heavy (non-hydrogen) atoms. The van der Waals surface area contributed by atoms with Gasteiger partial charge in [0.15, 0.2) is 0 Å². The Hall–Kier alpha value is -3.09. The van der Waals surface area contributed by atoms with E-state index in [1.807, 2.05) is 0 Å². The zero-order chi connectivity index (χ0) is 20.4. The first kappa shape index (κ1) is 22.0. The van der Waals surface area contributed by atoms with Gasteiger partial charge in [0.05, 0.1) is 24.4 Å². The van der Waals surface area contributed by atoms with Crippen LogP contribution in [0.15, 0.2) is 47.2 Å². The molecule has 0 fully saturated rings. The summed E-state index contributed by atoms with van der Waals surface area (Å²) in [5.74, 6) is -0.294. The van der Waals surface area contributed by atoms with Gasteiger partial charge in [-0.25, -0.2) is 4.99 Å². The number of rotatable bonds is 9. The molecule has 3 N–H and O–H groups in total. The maximum atomic E-state index is 13.1. The van der Waals surface area contributed by atoms with Gasteiger partial charge in [0.25, 0.3) is 5.91 Å². The highest BCUT2D eigenvalue weighted by Crippen LogP contribution is 2.22. The maximum Gasteiger partial charge on any atom is 0.307 e. The summed E-state index contributed by atoms with van der Waals surface area (Å²) in [6.45, 7) is 9.55. The Morgan fingerprint density at radius 1 is 1.41 bits per heavy atom. The van der Waals surface area contributed by atoms with E-state index in [4.69, 9.17) is 10.5 Å². The molecule has 0 unspecified atom stereocenters. The van der Waals surface area contributed by atoms with Crippen molar-refractivity contribution in [3.63, 3.8) is 0 Å². The van der Waals surface area contributed by atoms with Crippen molar-refractivity contribution in [3.8, 4) is 0 Å². The van der Waals surface area contributed by atoms with Gasteiger partial charge in [0, 0.05) is 25.4 Å². The number of amides is 1. The number of benzene rings is 1. The minimum absolute atomic E-state index is 0.0520. The summed E-state index contributed by atoms with van der Waals surface area (Å²) in [5, 5.41) is 2.96. The van der Waals surface area contributed by atoms with Gasteiger partial charge >= 0.3 is 5.97 Å². The zero-order valence-corrected chi connectivity index (χ0v) is 16.4. The lowest BCUT2D eigenvalue weighted by Gasteiger charge is -2.23. The number of hydrogen-bond donors (Lipinski definition) is 2. The second kappa shape index (κ2) is 10.8. The average molecular weight is 372 g/mol. The van der Waals surface area contributed by atoms with Gasteiger partial charge < -0.3 is 15.8 Å². The van der Waals surface area contributed by atoms with E-state index in [1.54, 1.807) is 58.3 Å². The first-order valence-corrected chi connectivity index (χ1v) is 8.74. The number of nitrogens with one attached hydrogen (secondary N) is 1. The maximum absolute atomic E-state index is 13.1. The molecule has 0 aromatic heterocycles. The third-order valence-corrected chi connectivity index (χ3v) is 3.57. The van der Waals surface area contributed by atoms with E-state index in [0.29, 0.717) is 17.1 Å². The SMILES string of the molecule is C=C(C)/C=C(\N=CC)N(CCC(=O)OCC)C(=O)c1ccc(NC)c(N)c1. The number of ether oxygens (including phenoxy) is 1. The quantitative estimate of drug-likeness (QED) is 0.300. The van der Waals surface area contributed by atoms with Gasteiger partial charge in [-0.2, -0.15) is 0 Å². The van der Waals surface area contributed by atoms with E-state index in [2.05, 4.69) is 16.9 Å². The standard InChI is InChI=1S/C20H28N4O3/c1-6-23-18(12-14(3)4)24(11-10-19(25)27-7-2)20(26)15-8-9-17(22-5)16(21)13-15/h6,8-9,12-13,22H,3,7,10-11,21H2,1-2,4-5H3/b18-12+,23-6?. The molecule has 7 nitrogen and oxygen atoms in total. The van der Waals surface area contributed by atoms with E-state index in [9.17, 15) is 9.59 Å². The minimum atomic E-state index is -0.379. The fourth-order valence-electron chi connectivity index (χ4n) is 2.37. The molecular weight excluding hydrogens is 344 g/mol. The van der Waals surface area contributed by atoms with Gasteiger partial charge in [0.1, 0.15) is 5.82 Å². The molecule has 7 heteroatoms. The first-order valence-electron chi connectivity index (χ1n) is 8.74. The van der Waals surface area contributed by atoms with Crippen LogP contribution in [-0.2, 0) is 9.53 Å². The zero-order valence-electron chi connectivity index (χ0n) is 16.4. The van der Waals surface area contributed by atoms with Gasteiger partial charge in [-0.05, 0) is 45.0 Å². The summed E-state index contributed by atoms with van der Waals surface area (Å²) in [5.41, 5.74) is 8.30. The van der Waals surface area contributed by atoms with Crippen LogP contribution in [0.25, 0.3) is 0 Å². The predicted molar refractivity (Wildman–Crippen MR) is 110 cm³/mol. The molecule has 0 atom stereocenters. The second-order valence-corrected chi connectivity index (χ2v) is 5.80. The normalized spacial score (nSPS) is 11.3. The van der Waals surface area contributed by atoms with E-state index in [1.165, 1.54) is 4.90 Å². The largest absolute Gasteiger partial charge is 0.466 e. The molecule has 146 valence electrons. The third kappa shape index (κ3) is 6.62. The molecule has 1 amide bonds. The Kier molecular flexibility index (Phi) is 8.78. The number of nitrogens with zero attached hydrogens (tertiary/aromatic N) is 2. The lowest BCUT2D eigenvalue weighted by atomic mass is 10.1. The van der Waals surface area contributed by atoms with E-state index in [0.717, 1.165) is 11.3 Å². The summed E-state index contributed by atoms with van der Waals surface area (Å²) in [6, 6.07) is 5.01. The topological polar surface area (TPSA) is 97.0 Å². The van der Waals surface area contributed by atoms with Crippen molar-refractivity contribution in [2.24, 2.45) is 4.99 Å². The molecule has 0 radical (unpaired) electrons. The Bertz CT molecular complexity index is 754. The van der Waals surface area contributed by atoms with Crippen molar-refractivity contribution in [2.75, 3.05) is 31.2 Å². The molecule has 1 aromatic rings. The van der Waals surface area contributed by atoms with Crippen LogP contribution < -0.4 is 11.1 Å². The third-order valence-electron chi connectivity index (χ3n) is 3.57. The lowest BCUT2D eigenvalue weighted by molar-refractivity contribution is -0.143. The molecule has 0 aliphatic heterocycles. The molecule has 0 aliphatic carbocycles. The molecule has 0 spiro atoms. The highest BCUT2D eigenvalue weighted by Gasteiger charge is 2.21. The van der Waals surface area contributed by atoms with Crippen LogP contribution >= 0.6 is 0 Å². The van der Waals surface area contributed by atoms with Crippen LogP contribution in [-0.4, -0.2) is 43.2 Å². The fraction of sp³-hybridized carbons (Fsp3) is 0.350. The monoisotopic (exact) mass is 372 g/mol. The van der Waals surface area contributed by atoms with Crippen molar-refractivity contribution in [2.45, 2.75) is 27.2 Å². The summed E-state index contributed by atoms with van der Waals surface area (Å²) in [7, 11) is 1.75. The molecule has 0 bridgehead atoms. The molecule has 0 aliphatic rings. The van der Waals surface area contributed by atoms with E-state index < -0.39 is 0 Å². The van der Waals surface area contributed by atoms with E-state index in [-0.39, 0.29) is 31.4 Å². The minimum Gasteiger partial charge on any atom is -0.466 e. The molecule has 0 saturated heterocycles. The predicted octanol–water partition coefficient (Wildman–Crippen LogP) is 3.21. The highest BCUT2D eigenvalue weighted by atomic mass is 16.5. The van der Waals surface area contributed by atoms with Crippen LogP contribution in [0.4, 0.5) is 11.4 Å². The van der Waals surface area contributed by atoms with Gasteiger partial charge in [-0.15, -0.1) is 0 Å². The van der Waals surface area contributed by atoms with Crippen LogP contribution in [0.1, 0.15) is 37.6 Å². The van der Waals surface area contributed by atoms with Crippen molar-refractivity contribution in [1.82, 2.24) is 4.90 Å². The number of carbonyl (C=O) groups excluding carboxylic acids is 2. The second-order valence-electron chi connectivity index (χ2n) is 5.80. The number of nitrogen functional groups attached to an aromatic ring is 1. The number of nitrogens with two attached hydrogens (primary N) is 1. The summed E-state index contributed by atoms with van der Waals surface area (Å²) in [4.78, 5) is 30.6. The van der Waals surface area contributed by atoms with Crippen molar-refractivity contribution in [1.29, 1.82) is 0 Å². The fourth-order valence-corrected chi connectivity index (χ4v) is 2.37. The molecular formula is C20H28N4O3. The smallest absolute Gasteiger partial charge is 0.307 e. The highest BCUT2D eigenvalue weighted by molar-refractivity contribution is 5.97. The Morgan fingerprint density at radius 2 is 2.11 bits per heavy atom. The van der Waals surface area contributed by atoms with E-state index >= 15 is 0 Å². The van der Waals surface area contributed by atoms with Crippen molar-refractivity contribution < 1.29 is 14.3 Å². The molecule has 0 saturated carbocycles. The molecule has 1 rings (SSSR count). The van der Waals surface area contributed by atoms with Crippen LogP contribution in [0.3, 0.4) is 0 Å². The number of esters is 1. The van der Waals surface area contributed by atoms with Crippen molar-refractivity contribution >= 4 is 29.5 Å². The van der Waals surface area contributed by atoms with Gasteiger partial charge in [-0.3, -0.25) is 14.5 Å². The lowest BCUT2D eigenvalue weighted by Crippen LogP contribution is -2.32. The number of anilines is 2. The molecule has 1 aromatic carbocycles. The van der Waals surface area contributed by atoms with Crippen LogP contribution in [0.5, 0.6) is 0 Å². The number of carbonyl (C=O) groups is 2. The number of allylic oxidation sites excluding steroid dienone is 2. The summed E-state index contributed by atoms with van der Waals surface area (Å²) < 4.78 is 4.97. The Balaban J connectivity index is 3.25. The van der Waals surface area contributed by atoms with Crippen molar-refractivity contribution in [3.05, 3.63) is 47.8 Å². The van der Waals surface area contributed by atoms with Crippen LogP contribution in [0, 0.1) is 0 Å². The van der Waals surface area contributed by atoms with Gasteiger partial charge in [-0.1, -0.05) is 12.2 Å². The van der Waals surface area contributed by atoms with Gasteiger partial charge in [0.2, 0.25) is 0 Å². The van der Waals surface area contributed by atoms with Crippen LogP contribution in [0.2, 0.25) is 0 Å². The Morgan fingerprint density at radius 3 is 2.63 bits per heavy atom. The summed E-state index contributed by atoms with van der Waals surface area (Å²) >= 11 is 0. The number of aliphatic imine (C=N–C) groups is 1. The number of hydrogen-bond acceptors (Lipinski definition) is 6. The average Bonchev–Trinajstić information content (AvgIpc) is 2.61. The summed E-state index contributed by atoms with van der Waals surface area (Å²) in [6.07, 6.45) is 3.32. The first-order chi connectivity index (χ1) is 12.8. The molecule has 0 heterocycles.